The zero-order valence-corrected chi connectivity index (χ0v) is 25.3. The number of furan rings is 1. The number of methoxy groups -OCH3 is 1. The largest absolute Gasteiger partial charge is 0.472 e. The van der Waals surface area contributed by atoms with Crippen LogP contribution in [0.25, 0.3) is 0 Å². The number of ether oxygens (including phenoxy) is 2. The summed E-state index contributed by atoms with van der Waals surface area (Å²) >= 11 is 0. The molecule has 0 radical (unpaired) electrons. The van der Waals surface area contributed by atoms with Gasteiger partial charge in [0.25, 0.3) is 0 Å². The number of aliphatic hydroxyl groups excluding tert-OH is 2. The number of Topliss-reactive ketones (excluding diaryl/α,β-unsaturated/α-hetero) is 1. The van der Waals surface area contributed by atoms with Crippen LogP contribution in [0.15, 0.2) is 34.7 Å². The molecule has 2 heterocycles. The molecule has 5 N–H and O–H groups in total. The Balaban J connectivity index is 0.000000972. The second kappa shape index (κ2) is 10.3. The van der Waals surface area contributed by atoms with E-state index in [9.17, 15) is 34.8 Å². The topological polar surface area (TPSA) is 184 Å². The lowest BCUT2D eigenvalue weighted by atomic mass is 9.50. The Labute approximate surface area is 245 Å². The molecule has 11 heteroatoms. The van der Waals surface area contributed by atoms with Crippen LogP contribution in [-0.4, -0.2) is 86.5 Å². The second-order valence-corrected chi connectivity index (χ2v) is 12.8. The fraction of sp³-hybridized carbons (Fsp3) is 0.710. The van der Waals surface area contributed by atoms with Crippen LogP contribution in [0.2, 0.25) is 0 Å². The van der Waals surface area contributed by atoms with E-state index in [1.807, 2.05) is 13.8 Å². The van der Waals surface area contributed by atoms with Crippen molar-refractivity contribution >= 4 is 17.7 Å². The summed E-state index contributed by atoms with van der Waals surface area (Å²) in [5.41, 5.74) is -9.62. The van der Waals surface area contributed by atoms with Crippen molar-refractivity contribution in [2.45, 2.75) is 95.7 Å². The molecule has 1 aliphatic heterocycles. The zero-order chi connectivity index (χ0) is 31.7. The summed E-state index contributed by atoms with van der Waals surface area (Å²) in [7, 11) is 2.26. The minimum absolute atomic E-state index is 0.0976. The first-order valence-electron chi connectivity index (χ1n) is 14.5. The van der Waals surface area contributed by atoms with Gasteiger partial charge in [0.15, 0.2) is 17.5 Å². The minimum atomic E-state index is -2.48. The van der Waals surface area contributed by atoms with Crippen LogP contribution < -0.4 is 0 Å². The van der Waals surface area contributed by atoms with E-state index in [2.05, 4.69) is 0 Å². The first kappa shape index (κ1) is 32.3. The van der Waals surface area contributed by atoms with Gasteiger partial charge in [-0.25, -0.2) is 0 Å². The van der Waals surface area contributed by atoms with Gasteiger partial charge in [-0.15, -0.1) is 0 Å². The van der Waals surface area contributed by atoms with Crippen molar-refractivity contribution < 1.29 is 53.8 Å². The molecule has 42 heavy (non-hydrogen) atoms. The Hall–Kier alpha value is -2.57. The van der Waals surface area contributed by atoms with Crippen LogP contribution in [0.5, 0.6) is 0 Å². The summed E-state index contributed by atoms with van der Waals surface area (Å²) < 4.78 is 15.7. The number of esters is 2. The van der Waals surface area contributed by atoms with E-state index in [1.54, 1.807) is 26.8 Å². The van der Waals surface area contributed by atoms with E-state index < -0.39 is 69.0 Å². The van der Waals surface area contributed by atoms with Crippen molar-refractivity contribution in [3.05, 3.63) is 35.8 Å². The van der Waals surface area contributed by atoms with Gasteiger partial charge in [0.1, 0.15) is 17.5 Å². The molecule has 2 bridgehead atoms. The van der Waals surface area contributed by atoms with Crippen LogP contribution in [0, 0.1) is 28.1 Å². The molecule has 6 rings (SSSR count). The molecule has 4 aliphatic carbocycles. The third-order valence-corrected chi connectivity index (χ3v) is 11.3. The SMILES string of the molecule is CC.CO.COC(=O)CC1C2(C)CC3(O)C1(C)C=C1CCC(C)(C(=O)c4ccoc4)C4CC(=O)OC(C14O)C3(O)C2O. The molecule has 5 aliphatic rings. The first-order chi connectivity index (χ1) is 19.6. The molecule has 1 saturated heterocycles. The van der Waals surface area contributed by atoms with Gasteiger partial charge in [-0.1, -0.05) is 40.7 Å². The lowest BCUT2D eigenvalue weighted by Crippen LogP contribution is -2.78. The molecular weight excluding hydrogens is 548 g/mol. The summed E-state index contributed by atoms with van der Waals surface area (Å²) in [5.74, 6) is -3.27. The summed E-state index contributed by atoms with van der Waals surface area (Å²) in [6.07, 6.45) is 0.967. The third-order valence-electron chi connectivity index (χ3n) is 11.3. The summed E-state index contributed by atoms with van der Waals surface area (Å²) in [6, 6.07) is 1.52. The number of hydrogen-bond acceptors (Lipinski definition) is 11. The number of carbonyl (C=O) groups is 3. The molecule has 3 saturated carbocycles. The maximum absolute atomic E-state index is 13.8. The van der Waals surface area contributed by atoms with E-state index in [0.717, 1.165) is 7.11 Å². The molecule has 0 aromatic carbocycles. The van der Waals surface area contributed by atoms with E-state index >= 15 is 0 Å². The van der Waals surface area contributed by atoms with Crippen molar-refractivity contribution in [1.29, 1.82) is 0 Å². The molecule has 4 fully saturated rings. The van der Waals surface area contributed by atoms with Gasteiger partial charge in [-0.3, -0.25) is 14.4 Å². The van der Waals surface area contributed by atoms with Gasteiger partial charge in [-0.05, 0) is 36.8 Å². The number of fused-ring (bicyclic) bond motifs is 2. The Bertz CT molecular complexity index is 1270. The lowest BCUT2D eigenvalue weighted by molar-refractivity contribution is -0.314. The average molecular weight is 593 g/mol. The molecule has 1 aromatic heterocycles. The van der Waals surface area contributed by atoms with Gasteiger partial charge in [0.05, 0.1) is 31.5 Å². The summed E-state index contributed by atoms with van der Waals surface area (Å²) in [5, 5.41) is 56.2. The van der Waals surface area contributed by atoms with Crippen LogP contribution in [0.1, 0.15) is 77.1 Å². The van der Waals surface area contributed by atoms with Gasteiger partial charge < -0.3 is 39.4 Å². The highest BCUT2D eigenvalue weighted by molar-refractivity contribution is 6.01. The molecule has 10 atom stereocenters. The molecule has 0 amide bonds. The van der Waals surface area contributed by atoms with Crippen LogP contribution in [0.3, 0.4) is 0 Å². The Kier molecular flexibility index (Phi) is 7.90. The Morgan fingerprint density at radius 3 is 2.33 bits per heavy atom. The molecule has 1 aromatic rings. The normalized spacial score (nSPS) is 46.0. The summed E-state index contributed by atoms with van der Waals surface area (Å²) in [6.45, 7) is 9.08. The van der Waals surface area contributed by atoms with Crippen molar-refractivity contribution in [1.82, 2.24) is 0 Å². The number of hydrogen-bond donors (Lipinski definition) is 5. The van der Waals surface area contributed by atoms with Gasteiger partial charge in [0.2, 0.25) is 0 Å². The van der Waals surface area contributed by atoms with Gasteiger partial charge in [-0.2, -0.15) is 0 Å². The van der Waals surface area contributed by atoms with E-state index in [-0.39, 0.29) is 37.9 Å². The lowest BCUT2D eigenvalue weighted by Gasteiger charge is -2.61. The third kappa shape index (κ3) is 3.60. The van der Waals surface area contributed by atoms with E-state index in [0.29, 0.717) is 11.1 Å². The summed E-state index contributed by atoms with van der Waals surface area (Å²) in [4.78, 5) is 39.3. The maximum Gasteiger partial charge on any atom is 0.306 e. The molecule has 11 nitrogen and oxygen atoms in total. The average Bonchev–Trinajstić information content (AvgIpc) is 3.61. The standard InChI is InChI=1S/C28H34O10.C2H6.CH4O/c1-23(20(31)14-6-8-37-12-14)7-5-15-11-25(3)16(9-18(29)36-4)24(2)13-26(25,33)28(35,21(24)32)22-27(15,34)17(23)10-19(30)38-22;2*1-2/h6,8,11-12,16-17,21-22,32-35H,5,7,9-10,13H2,1-4H3;1-2H3;2H,1H3. The second-order valence-electron chi connectivity index (χ2n) is 12.8. The fourth-order valence-electron chi connectivity index (χ4n) is 9.32. The van der Waals surface area contributed by atoms with Crippen molar-refractivity contribution in [3.63, 3.8) is 0 Å². The minimum Gasteiger partial charge on any atom is -0.472 e. The first-order valence-corrected chi connectivity index (χ1v) is 14.5. The monoisotopic (exact) mass is 592 g/mol. The fourth-order valence-corrected chi connectivity index (χ4v) is 9.32. The molecule has 10 unspecified atom stereocenters. The number of rotatable bonds is 4. The van der Waals surface area contributed by atoms with Crippen LogP contribution >= 0.6 is 0 Å². The predicted molar refractivity (Wildman–Crippen MR) is 148 cm³/mol. The predicted octanol–water partition coefficient (Wildman–Crippen LogP) is 1.93. The maximum atomic E-state index is 13.8. The highest BCUT2D eigenvalue weighted by Gasteiger charge is 2.88. The van der Waals surface area contributed by atoms with E-state index in [1.165, 1.54) is 25.7 Å². The number of aliphatic hydroxyl groups is 5. The van der Waals surface area contributed by atoms with Crippen molar-refractivity contribution in [2.24, 2.45) is 28.1 Å². The van der Waals surface area contributed by atoms with Crippen LogP contribution in [0.4, 0.5) is 0 Å². The zero-order valence-electron chi connectivity index (χ0n) is 25.3. The highest BCUT2D eigenvalue weighted by Crippen LogP contribution is 2.77. The van der Waals surface area contributed by atoms with Crippen LogP contribution in [-0.2, 0) is 19.1 Å². The van der Waals surface area contributed by atoms with Gasteiger partial charge >= 0.3 is 11.9 Å². The number of ketones is 1. The van der Waals surface area contributed by atoms with Crippen molar-refractivity contribution in [3.8, 4) is 0 Å². The highest BCUT2D eigenvalue weighted by atomic mass is 16.6. The Morgan fingerprint density at radius 2 is 1.76 bits per heavy atom. The van der Waals surface area contributed by atoms with E-state index in [4.69, 9.17) is 19.0 Å². The quantitative estimate of drug-likeness (QED) is 0.196. The Morgan fingerprint density at radius 1 is 1.12 bits per heavy atom. The molecule has 234 valence electrons. The smallest absolute Gasteiger partial charge is 0.306 e. The van der Waals surface area contributed by atoms with Crippen molar-refractivity contribution in [2.75, 3.05) is 14.2 Å². The van der Waals surface area contributed by atoms with Gasteiger partial charge in [0, 0.05) is 35.7 Å². The molecular formula is C31H44O11. The number of carbonyl (C=O) groups excluding carboxylic acids is 3. The molecule has 0 spiro atoms.